The predicted molar refractivity (Wildman–Crippen MR) is 61.9 cm³/mol. The molecule has 0 atom stereocenters. The number of nitrogens with zero attached hydrogens (tertiary/aromatic N) is 2. The molecule has 0 unspecified atom stereocenters. The largest absolute Gasteiger partial charge is 0.481 e. The highest BCUT2D eigenvalue weighted by Crippen LogP contribution is 2.42. The molecule has 2 aromatic heterocycles. The van der Waals surface area contributed by atoms with E-state index in [0.29, 0.717) is 5.92 Å². The molecule has 0 bridgehead atoms. The zero-order valence-corrected chi connectivity index (χ0v) is 9.53. The van der Waals surface area contributed by atoms with Gasteiger partial charge in [0.1, 0.15) is 11.5 Å². The van der Waals surface area contributed by atoms with E-state index in [2.05, 4.69) is 15.0 Å². The molecule has 1 aliphatic rings. The molecule has 3 rings (SSSR count). The van der Waals surface area contributed by atoms with Crippen LogP contribution in [0.5, 0.6) is 0 Å². The first-order valence-corrected chi connectivity index (χ1v) is 5.71. The first kappa shape index (κ1) is 10.3. The molecule has 17 heavy (non-hydrogen) atoms. The number of hydrogen-bond acceptors (Lipinski definition) is 3. The molecule has 2 heterocycles. The lowest BCUT2D eigenvalue weighted by Crippen LogP contribution is -2.01. The second-order valence-electron chi connectivity index (χ2n) is 4.54. The fourth-order valence-electron chi connectivity index (χ4n) is 2.20. The molecule has 0 spiro atoms. The van der Waals surface area contributed by atoms with Crippen LogP contribution in [0, 0.1) is 6.92 Å². The first-order valence-electron chi connectivity index (χ1n) is 5.71. The number of H-pyrrole nitrogens is 1. The van der Waals surface area contributed by atoms with Gasteiger partial charge in [0.25, 0.3) is 0 Å². The maximum Gasteiger partial charge on any atom is 0.307 e. The molecule has 0 saturated heterocycles. The molecular weight excluding hydrogens is 218 g/mol. The van der Waals surface area contributed by atoms with Crippen LogP contribution in [-0.4, -0.2) is 26.0 Å². The smallest absolute Gasteiger partial charge is 0.307 e. The Morgan fingerprint density at radius 2 is 2.29 bits per heavy atom. The lowest BCUT2D eigenvalue weighted by atomic mass is 10.1. The molecule has 1 saturated carbocycles. The SMILES string of the molecule is Cc1nc(C2CC2)c2c(CC(=O)O)c[nH]c2n1. The minimum Gasteiger partial charge on any atom is -0.481 e. The van der Waals surface area contributed by atoms with Crippen LogP contribution >= 0.6 is 0 Å². The van der Waals surface area contributed by atoms with Crippen molar-refractivity contribution < 1.29 is 9.90 Å². The van der Waals surface area contributed by atoms with Crippen LogP contribution in [0.4, 0.5) is 0 Å². The van der Waals surface area contributed by atoms with Gasteiger partial charge in [0.2, 0.25) is 0 Å². The van der Waals surface area contributed by atoms with Crippen LogP contribution in [0.3, 0.4) is 0 Å². The summed E-state index contributed by atoms with van der Waals surface area (Å²) in [6, 6.07) is 0. The number of carbonyl (C=O) groups is 1. The Kier molecular flexibility index (Phi) is 2.14. The maximum atomic E-state index is 10.8. The van der Waals surface area contributed by atoms with E-state index in [1.54, 1.807) is 6.20 Å². The Labute approximate surface area is 97.9 Å². The summed E-state index contributed by atoms with van der Waals surface area (Å²) in [4.78, 5) is 22.7. The fraction of sp³-hybridized carbons (Fsp3) is 0.417. The van der Waals surface area contributed by atoms with Gasteiger partial charge >= 0.3 is 5.97 Å². The van der Waals surface area contributed by atoms with Crippen molar-refractivity contribution in [1.82, 2.24) is 15.0 Å². The molecule has 0 aromatic carbocycles. The highest BCUT2D eigenvalue weighted by atomic mass is 16.4. The maximum absolute atomic E-state index is 10.8. The molecule has 1 aliphatic carbocycles. The van der Waals surface area contributed by atoms with Gasteiger partial charge in [-0.3, -0.25) is 4.79 Å². The summed E-state index contributed by atoms with van der Waals surface area (Å²) in [5, 5.41) is 9.81. The molecular formula is C12H13N3O2. The number of aliphatic carboxylic acids is 1. The highest BCUT2D eigenvalue weighted by molar-refractivity contribution is 5.87. The van der Waals surface area contributed by atoms with Crippen LogP contribution in [0.15, 0.2) is 6.20 Å². The number of rotatable bonds is 3. The zero-order chi connectivity index (χ0) is 12.0. The van der Waals surface area contributed by atoms with Gasteiger partial charge in [0.15, 0.2) is 0 Å². The average molecular weight is 231 g/mol. The highest BCUT2D eigenvalue weighted by Gasteiger charge is 2.29. The quantitative estimate of drug-likeness (QED) is 0.843. The Morgan fingerprint density at radius 3 is 2.94 bits per heavy atom. The lowest BCUT2D eigenvalue weighted by molar-refractivity contribution is -0.136. The summed E-state index contributed by atoms with van der Waals surface area (Å²) in [6.07, 6.45) is 4.04. The molecule has 2 N–H and O–H groups in total. The summed E-state index contributed by atoms with van der Waals surface area (Å²) in [5.74, 6) is 0.402. The Hall–Kier alpha value is -1.91. The van der Waals surface area contributed by atoms with Gasteiger partial charge in [0.05, 0.1) is 12.1 Å². The molecule has 1 fully saturated rings. The van der Waals surface area contributed by atoms with E-state index < -0.39 is 5.97 Å². The number of carboxylic acid groups (broad SMARTS) is 1. The molecule has 5 heteroatoms. The van der Waals surface area contributed by atoms with Crippen molar-refractivity contribution in [2.24, 2.45) is 0 Å². The summed E-state index contributed by atoms with van der Waals surface area (Å²) in [5.41, 5.74) is 2.56. The predicted octanol–water partition coefficient (Wildman–Crippen LogP) is 1.77. The number of aryl methyl sites for hydroxylation is 1. The Bertz CT molecular complexity index is 599. The number of nitrogens with one attached hydrogen (secondary N) is 1. The van der Waals surface area contributed by atoms with Gasteiger partial charge in [-0.15, -0.1) is 0 Å². The fourth-order valence-corrected chi connectivity index (χ4v) is 2.20. The van der Waals surface area contributed by atoms with Crippen molar-refractivity contribution in [3.8, 4) is 0 Å². The third-order valence-corrected chi connectivity index (χ3v) is 3.06. The summed E-state index contributed by atoms with van der Waals surface area (Å²) >= 11 is 0. The Balaban J connectivity index is 2.20. The van der Waals surface area contributed by atoms with E-state index in [1.807, 2.05) is 6.92 Å². The van der Waals surface area contributed by atoms with E-state index in [9.17, 15) is 4.79 Å². The second kappa shape index (κ2) is 3.55. The van der Waals surface area contributed by atoms with Crippen molar-refractivity contribution in [1.29, 1.82) is 0 Å². The van der Waals surface area contributed by atoms with Crippen LogP contribution in [0.25, 0.3) is 11.0 Å². The first-order chi connectivity index (χ1) is 8.15. The number of hydrogen-bond donors (Lipinski definition) is 2. The summed E-state index contributed by atoms with van der Waals surface area (Å²) < 4.78 is 0. The van der Waals surface area contributed by atoms with E-state index in [-0.39, 0.29) is 6.42 Å². The summed E-state index contributed by atoms with van der Waals surface area (Å²) in [6.45, 7) is 1.86. The molecule has 88 valence electrons. The zero-order valence-electron chi connectivity index (χ0n) is 9.53. The standard InChI is InChI=1S/C12H13N3O2/c1-6-14-11(7-2-3-7)10-8(4-9(16)17)5-13-12(10)15-6/h5,7H,2-4H2,1H3,(H,16,17)(H,13,14,15). The molecule has 0 aliphatic heterocycles. The van der Waals surface area contributed by atoms with Gasteiger partial charge in [0, 0.05) is 17.5 Å². The van der Waals surface area contributed by atoms with Gasteiger partial charge in [-0.25, -0.2) is 9.97 Å². The molecule has 5 nitrogen and oxygen atoms in total. The second-order valence-corrected chi connectivity index (χ2v) is 4.54. The number of fused-ring (bicyclic) bond motifs is 1. The van der Waals surface area contributed by atoms with Crippen molar-refractivity contribution in [2.75, 3.05) is 0 Å². The minimum absolute atomic E-state index is 0.0200. The summed E-state index contributed by atoms with van der Waals surface area (Å²) in [7, 11) is 0. The van der Waals surface area contributed by atoms with Gasteiger partial charge in [-0.05, 0) is 25.3 Å². The van der Waals surface area contributed by atoms with E-state index in [4.69, 9.17) is 5.11 Å². The van der Waals surface area contributed by atoms with Crippen LogP contribution in [0.2, 0.25) is 0 Å². The van der Waals surface area contributed by atoms with Crippen LogP contribution in [0.1, 0.15) is 35.8 Å². The van der Waals surface area contributed by atoms with Crippen LogP contribution in [-0.2, 0) is 11.2 Å². The van der Waals surface area contributed by atoms with Gasteiger partial charge in [-0.2, -0.15) is 0 Å². The average Bonchev–Trinajstić information content (AvgIpc) is 3.01. The topological polar surface area (TPSA) is 78.9 Å². The number of carboxylic acids is 1. The van der Waals surface area contributed by atoms with E-state index in [1.165, 1.54) is 0 Å². The monoisotopic (exact) mass is 231 g/mol. The number of aromatic amines is 1. The molecule has 2 aromatic rings. The van der Waals surface area contributed by atoms with Gasteiger partial charge < -0.3 is 10.1 Å². The van der Waals surface area contributed by atoms with E-state index in [0.717, 1.165) is 41.0 Å². The van der Waals surface area contributed by atoms with Crippen molar-refractivity contribution in [3.05, 3.63) is 23.3 Å². The third kappa shape index (κ3) is 1.77. The van der Waals surface area contributed by atoms with Crippen molar-refractivity contribution in [2.45, 2.75) is 32.1 Å². The van der Waals surface area contributed by atoms with Crippen molar-refractivity contribution in [3.63, 3.8) is 0 Å². The molecule has 0 amide bonds. The van der Waals surface area contributed by atoms with Crippen LogP contribution < -0.4 is 0 Å². The lowest BCUT2D eigenvalue weighted by Gasteiger charge is -2.03. The van der Waals surface area contributed by atoms with Crippen molar-refractivity contribution >= 4 is 17.0 Å². The minimum atomic E-state index is -0.826. The van der Waals surface area contributed by atoms with Gasteiger partial charge in [-0.1, -0.05) is 0 Å². The molecule has 0 radical (unpaired) electrons. The third-order valence-electron chi connectivity index (χ3n) is 3.06. The normalized spacial score (nSPS) is 15.4. The number of aromatic nitrogens is 3. The van der Waals surface area contributed by atoms with E-state index >= 15 is 0 Å². The Morgan fingerprint density at radius 1 is 1.53 bits per heavy atom.